The molecule has 1 aromatic heterocycles. The lowest BCUT2D eigenvalue weighted by atomic mass is 9.98. The van der Waals surface area contributed by atoms with Gasteiger partial charge < -0.3 is 4.74 Å². The van der Waals surface area contributed by atoms with Gasteiger partial charge in [0.15, 0.2) is 0 Å². The number of carbonyl (C=O) groups excluding carboxylic acids is 1. The molecular weight excluding hydrogens is 470 g/mol. The molecule has 0 aliphatic rings. The molecule has 0 saturated carbocycles. The second-order valence-corrected chi connectivity index (χ2v) is 10.5. The van der Waals surface area contributed by atoms with E-state index in [-0.39, 0.29) is 33.0 Å². The number of hydrogen-bond acceptors (Lipinski definition) is 9. The van der Waals surface area contributed by atoms with Crippen LogP contribution in [0.2, 0.25) is 0 Å². The maximum absolute atomic E-state index is 12.8. The third-order valence-electron chi connectivity index (χ3n) is 4.35. The molecule has 0 spiro atoms. The molecule has 11 nitrogen and oxygen atoms in total. The Morgan fingerprint density at radius 1 is 1.12 bits per heavy atom. The average Bonchev–Trinajstić information content (AvgIpc) is 3.22. The van der Waals surface area contributed by atoms with Crippen molar-refractivity contribution in [3.63, 3.8) is 0 Å². The second-order valence-electron chi connectivity index (χ2n) is 7.89. The van der Waals surface area contributed by atoms with Crippen molar-refractivity contribution in [2.45, 2.75) is 31.1 Å². The van der Waals surface area contributed by atoms with E-state index in [2.05, 4.69) is 20.2 Å². The summed E-state index contributed by atoms with van der Waals surface area (Å²) in [6.45, 7) is 5.95. The van der Waals surface area contributed by atoms with Gasteiger partial charge in [0.2, 0.25) is 5.13 Å². The van der Waals surface area contributed by atoms with E-state index < -0.39 is 20.9 Å². The van der Waals surface area contributed by atoms with E-state index in [4.69, 9.17) is 4.74 Å². The zero-order valence-electron chi connectivity index (χ0n) is 18.1. The number of hydrogen-bond donors (Lipinski definition) is 2. The van der Waals surface area contributed by atoms with Crippen molar-refractivity contribution >= 4 is 43.8 Å². The van der Waals surface area contributed by atoms with Crippen LogP contribution in [-0.4, -0.2) is 36.6 Å². The molecule has 13 heteroatoms. The van der Waals surface area contributed by atoms with Gasteiger partial charge in [0.05, 0.1) is 22.6 Å². The summed E-state index contributed by atoms with van der Waals surface area (Å²) >= 11 is 1.26. The van der Waals surface area contributed by atoms with Gasteiger partial charge in [-0.15, -0.1) is 10.2 Å². The number of aromatic nitrogens is 2. The number of benzene rings is 2. The third-order valence-corrected chi connectivity index (χ3v) is 7.00. The van der Waals surface area contributed by atoms with E-state index in [0.29, 0.717) is 5.13 Å². The zero-order valence-corrected chi connectivity index (χ0v) is 19.8. The van der Waals surface area contributed by atoms with Gasteiger partial charge in [-0.25, -0.2) is 8.42 Å². The SMILES string of the molecule is COc1ccc([N+](=O)[O-])cc1NS(=O)(=O)c1ccc(C(=O)Nc2nnc(C(C)(C)C)s2)cc1. The predicted molar refractivity (Wildman–Crippen MR) is 123 cm³/mol. The Labute approximate surface area is 194 Å². The van der Waals surface area contributed by atoms with Crippen molar-refractivity contribution in [3.05, 3.63) is 63.1 Å². The van der Waals surface area contributed by atoms with Crippen molar-refractivity contribution in [2.75, 3.05) is 17.1 Å². The maximum atomic E-state index is 12.8. The number of non-ortho nitro benzene ring substituents is 1. The standard InChI is InChI=1S/C20H21N5O6S2/c1-20(2,3)18-22-23-19(32-18)21-17(26)12-5-8-14(9-6-12)33(29,30)24-15-11-13(25(27)28)7-10-16(15)31-4/h5-11,24H,1-4H3,(H,21,23,26). The smallest absolute Gasteiger partial charge is 0.271 e. The van der Waals surface area contributed by atoms with Crippen LogP contribution in [0.3, 0.4) is 0 Å². The Kier molecular flexibility index (Phi) is 6.65. The monoisotopic (exact) mass is 491 g/mol. The normalized spacial score (nSPS) is 11.6. The van der Waals surface area contributed by atoms with Crippen LogP contribution >= 0.6 is 11.3 Å². The minimum Gasteiger partial charge on any atom is -0.495 e. The molecular formula is C20H21N5O6S2. The second kappa shape index (κ2) is 9.11. The number of sulfonamides is 1. The van der Waals surface area contributed by atoms with Crippen molar-refractivity contribution in [1.82, 2.24) is 10.2 Å². The quantitative estimate of drug-likeness (QED) is 0.374. The number of nitro benzene ring substituents is 1. The number of methoxy groups -OCH3 is 1. The minimum atomic E-state index is -4.11. The van der Waals surface area contributed by atoms with Gasteiger partial charge in [-0.05, 0) is 30.3 Å². The van der Waals surface area contributed by atoms with Gasteiger partial charge in [0.25, 0.3) is 21.6 Å². The molecule has 33 heavy (non-hydrogen) atoms. The van der Waals surface area contributed by atoms with Gasteiger partial charge in [0.1, 0.15) is 10.8 Å². The Bertz CT molecular complexity index is 1300. The Balaban J connectivity index is 1.77. The van der Waals surface area contributed by atoms with Crippen LogP contribution in [0.5, 0.6) is 5.75 Å². The highest BCUT2D eigenvalue weighted by atomic mass is 32.2. The topological polar surface area (TPSA) is 153 Å². The first-order valence-corrected chi connectivity index (χ1v) is 11.8. The van der Waals surface area contributed by atoms with Crippen molar-refractivity contribution in [1.29, 1.82) is 0 Å². The number of nitro groups is 1. The fourth-order valence-electron chi connectivity index (χ4n) is 2.62. The van der Waals surface area contributed by atoms with E-state index in [1.54, 1.807) is 0 Å². The van der Waals surface area contributed by atoms with E-state index in [1.165, 1.54) is 54.8 Å². The van der Waals surface area contributed by atoms with E-state index in [1.807, 2.05) is 20.8 Å². The van der Waals surface area contributed by atoms with Crippen LogP contribution in [0, 0.1) is 10.1 Å². The number of nitrogens with one attached hydrogen (secondary N) is 2. The van der Waals surface area contributed by atoms with Crippen LogP contribution < -0.4 is 14.8 Å². The zero-order chi connectivity index (χ0) is 24.4. The summed E-state index contributed by atoms with van der Waals surface area (Å²) in [5, 5.41) is 22.8. The summed E-state index contributed by atoms with van der Waals surface area (Å²) in [5.41, 5.74) is -0.369. The Hall–Kier alpha value is -3.58. The van der Waals surface area contributed by atoms with E-state index in [9.17, 15) is 23.3 Å². The fourth-order valence-corrected chi connectivity index (χ4v) is 4.48. The molecule has 3 aromatic rings. The predicted octanol–water partition coefficient (Wildman–Crippen LogP) is 3.81. The Morgan fingerprint density at radius 2 is 1.79 bits per heavy atom. The van der Waals surface area contributed by atoms with Crippen LogP contribution in [-0.2, 0) is 15.4 Å². The van der Waals surface area contributed by atoms with Crippen molar-refractivity contribution in [3.8, 4) is 5.75 Å². The van der Waals surface area contributed by atoms with Crippen molar-refractivity contribution in [2.24, 2.45) is 0 Å². The highest BCUT2D eigenvalue weighted by Crippen LogP contribution is 2.31. The lowest BCUT2D eigenvalue weighted by molar-refractivity contribution is -0.384. The maximum Gasteiger partial charge on any atom is 0.271 e. The van der Waals surface area contributed by atoms with Crippen LogP contribution in [0.15, 0.2) is 47.4 Å². The van der Waals surface area contributed by atoms with Gasteiger partial charge in [-0.3, -0.25) is 24.9 Å². The minimum absolute atomic E-state index is 0.0839. The molecule has 1 amide bonds. The number of ether oxygens (including phenoxy) is 1. The number of carbonyl (C=O) groups is 1. The summed E-state index contributed by atoms with van der Waals surface area (Å²) in [6.07, 6.45) is 0. The number of nitrogens with zero attached hydrogens (tertiary/aromatic N) is 3. The molecule has 0 aliphatic carbocycles. The fraction of sp³-hybridized carbons (Fsp3) is 0.250. The molecule has 0 saturated heterocycles. The number of amides is 1. The lowest BCUT2D eigenvalue weighted by Gasteiger charge is -2.12. The van der Waals surface area contributed by atoms with Gasteiger partial charge in [-0.2, -0.15) is 0 Å². The molecule has 0 fully saturated rings. The molecule has 3 rings (SSSR count). The van der Waals surface area contributed by atoms with Gasteiger partial charge in [-0.1, -0.05) is 32.1 Å². The summed E-state index contributed by atoms with van der Waals surface area (Å²) in [6, 6.07) is 8.75. The molecule has 0 atom stereocenters. The van der Waals surface area contributed by atoms with Crippen LogP contribution in [0.25, 0.3) is 0 Å². The molecule has 1 heterocycles. The molecule has 2 N–H and O–H groups in total. The first-order valence-electron chi connectivity index (χ1n) is 9.51. The van der Waals surface area contributed by atoms with Crippen LogP contribution in [0.4, 0.5) is 16.5 Å². The summed E-state index contributed by atoms with van der Waals surface area (Å²) in [4.78, 5) is 22.7. The third kappa shape index (κ3) is 5.62. The number of rotatable bonds is 7. The summed E-state index contributed by atoms with van der Waals surface area (Å²) in [7, 11) is -2.79. The molecule has 0 radical (unpaired) electrons. The largest absolute Gasteiger partial charge is 0.495 e. The average molecular weight is 492 g/mol. The van der Waals surface area contributed by atoms with Crippen molar-refractivity contribution < 1.29 is 22.9 Å². The molecule has 2 aromatic carbocycles. The van der Waals surface area contributed by atoms with Gasteiger partial charge >= 0.3 is 0 Å². The highest BCUT2D eigenvalue weighted by Gasteiger charge is 2.22. The first-order chi connectivity index (χ1) is 15.4. The molecule has 0 bridgehead atoms. The molecule has 0 aliphatic heterocycles. The van der Waals surface area contributed by atoms with E-state index in [0.717, 1.165) is 11.1 Å². The number of anilines is 2. The summed E-state index contributed by atoms with van der Waals surface area (Å²) < 4.78 is 32.9. The summed E-state index contributed by atoms with van der Waals surface area (Å²) in [5.74, 6) is -0.351. The molecule has 174 valence electrons. The van der Waals surface area contributed by atoms with Crippen LogP contribution in [0.1, 0.15) is 36.1 Å². The lowest BCUT2D eigenvalue weighted by Crippen LogP contribution is -2.15. The van der Waals surface area contributed by atoms with Gasteiger partial charge in [0, 0.05) is 23.1 Å². The highest BCUT2D eigenvalue weighted by molar-refractivity contribution is 7.92. The van der Waals surface area contributed by atoms with E-state index >= 15 is 0 Å². The molecule has 0 unspecified atom stereocenters. The Morgan fingerprint density at radius 3 is 2.33 bits per heavy atom. The first kappa shape index (κ1) is 24.1.